The maximum absolute atomic E-state index is 3.83. The molecule has 0 aromatic carbocycles. The summed E-state index contributed by atoms with van der Waals surface area (Å²) in [4.78, 5) is 0.679. The highest BCUT2D eigenvalue weighted by Gasteiger charge is 2.20. The second-order valence-electron chi connectivity index (χ2n) is 7.51. The van der Waals surface area contributed by atoms with Gasteiger partial charge in [-0.3, -0.25) is 0 Å². The van der Waals surface area contributed by atoms with Crippen molar-refractivity contribution in [2.75, 3.05) is 0 Å². The van der Waals surface area contributed by atoms with Crippen molar-refractivity contribution in [3.63, 3.8) is 0 Å². The van der Waals surface area contributed by atoms with Crippen LogP contribution in [0.5, 0.6) is 0 Å². The predicted octanol–water partition coefficient (Wildman–Crippen LogP) is 7.89. The van der Waals surface area contributed by atoms with Gasteiger partial charge in [-0.15, -0.1) is 0 Å². The molecule has 0 aliphatic carbocycles. The van der Waals surface area contributed by atoms with Crippen molar-refractivity contribution in [2.24, 2.45) is 5.41 Å². The number of alkyl halides is 1. The molecule has 0 aliphatic heterocycles. The first kappa shape index (κ1) is 20.5. The minimum atomic E-state index is 0.414. The molecule has 20 heavy (non-hydrogen) atoms. The summed E-state index contributed by atoms with van der Waals surface area (Å²) in [5.41, 5.74) is 0.414. The van der Waals surface area contributed by atoms with Crippen molar-refractivity contribution in [2.45, 2.75) is 116 Å². The number of unbranched alkanes of at least 4 members (excludes halogenated alkanes) is 11. The van der Waals surface area contributed by atoms with Gasteiger partial charge in [-0.25, -0.2) is 0 Å². The third-order valence-electron chi connectivity index (χ3n) is 4.25. The van der Waals surface area contributed by atoms with Gasteiger partial charge < -0.3 is 0 Å². The van der Waals surface area contributed by atoms with Crippen molar-refractivity contribution in [1.82, 2.24) is 0 Å². The molecular formula is C19H39Br. The molecule has 0 heterocycles. The zero-order valence-corrected chi connectivity index (χ0v) is 16.2. The van der Waals surface area contributed by atoms with E-state index in [-0.39, 0.29) is 0 Å². The molecule has 0 spiro atoms. The zero-order chi connectivity index (χ0) is 15.3. The van der Waals surface area contributed by atoms with Gasteiger partial charge in [0, 0.05) is 4.83 Å². The van der Waals surface area contributed by atoms with Crippen molar-refractivity contribution in [3.05, 3.63) is 0 Å². The molecule has 1 unspecified atom stereocenters. The summed E-state index contributed by atoms with van der Waals surface area (Å²) in [5, 5.41) is 0. The Morgan fingerprint density at radius 1 is 0.650 bits per heavy atom. The van der Waals surface area contributed by atoms with Gasteiger partial charge in [0.2, 0.25) is 0 Å². The fourth-order valence-corrected chi connectivity index (χ4v) is 2.92. The molecule has 0 saturated heterocycles. The molecule has 0 rings (SSSR count). The molecule has 0 radical (unpaired) electrons. The number of rotatable bonds is 13. The Balaban J connectivity index is 3.14. The average Bonchev–Trinajstić information content (AvgIpc) is 2.38. The zero-order valence-electron chi connectivity index (χ0n) is 14.6. The van der Waals surface area contributed by atoms with Crippen molar-refractivity contribution in [1.29, 1.82) is 0 Å². The second kappa shape index (κ2) is 13.2. The predicted molar refractivity (Wildman–Crippen MR) is 97.9 cm³/mol. The Hall–Kier alpha value is 0.480. The smallest absolute Gasteiger partial charge is 0.0194 e. The van der Waals surface area contributed by atoms with E-state index in [2.05, 4.69) is 43.6 Å². The summed E-state index contributed by atoms with van der Waals surface area (Å²) in [6, 6.07) is 0. The first-order chi connectivity index (χ1) is 9.48. The Bertz CT molecular complexity index is 192. The van der Waals surface area contributed by atoms with Crippen molar-refractivity contribution in [3.8, 4) is 0 Å². The molecule has 122 valence electrons. The lowest BCUT2D eigenvalue weighted by Crippen LogP contribution is -2.19. The first-order valence-corrected chi connectivity index (χ1v) is 10.0. The van der Waals surface area contributed by atoms with Gasteiger partial charge in [0.15, 0.2) is 0 Å². The van der Waals surface area contributed by atoms with Crippen LogP contribution in [0, 0.1) is 5.41 Å². The molecule has 0 aromatic heterocycles. The van der Waals surface area contributed by atoms with E-state index in [9.17, 15) is 0 Å². The lowest BCUT2D eigenvalue weighted by molar-refractivity contribution is 0.376. The van der Waals surface area contributed by atoms with Crippen molar-refractivity contribution < 1.29 is 0 Å². The number of halogens is 1. The molecule has 0 bridgehead atoms. The van der Waals surface area contributed by atoms with Crippen LogP contribution in [0.1, 0.15) is 111 Å². The summed E-state index contributed by atoms with van der Waals surface area (Å²) in [6.45, 7) is 9.27. The highest BCUT2D eigenvalue weighted by atomic mass is 79.9. The lowest BCUT2D eigenvalue weighted by atomic mass is 9.89. The summed E-state index contributed by atoms with van der Waals surface area (Å²) >= 11 is 3.83. The van der Waals surface area contributed by atoms with E-state index >= 15 is 0 Å². The van der Waals surface area contributed by atoms with Crippen molar-refractivity contribution >= 4 is 15.9 Å². The monoisotopic (exact) mass is 346 g/mol. The Morgan fingerprint density at radius 2 is 1.00 bits per heavy atom. The van der Waals surface area contributed by atoms with E-state index in [1.807, 2.05) is 0 Å². The molecule has 0 fully saturated rings. The van der Waals surface area contributed by atoms with Gasteiger partial charge in [-0.2, -0.15) is 0 Å². The van der Waals surface area contributed by atoms with E-state index in [0.717, 1.165) is 0 Å². The van der Waals surface area contributed by atoms with Gasteiger partial charge in [0.25, 0.3) is 0 Å². The SMILES string of the molecule is CCCCCCCCCCCCCCC(Br)C(C)(C)C. The molecule has 0 saturated carbocycles. The third-order valence-corrected chi connectivity index (χ3v) is 6.08. The van der Waals surface area contributed by atoms with Crippen LogP contribution in [0.15, 0.2) is 0 Å². The maximum Gasteiger partial charge on any atom is 0.0194 e. The highest BCUT2D eigenvalue weighted by molar-refractivity contribution is 9.09. The molecule has 1 atom stereocenters. The standard InChI is InChI=1S/C19H39Br/c1-5-6-7-8-9-10-11-12-13-14-15-16-17-18(20)19(2,3)4/h18H,5-17H2,1-4H3. The van der Waals surface area contributed by atoms with E-state index in [0.29, 0.717) is 10.2 Å². The van der Waals surface area contributed by atoms with E-state index in [4.69, 9.17) is 0 Å². The number of hydrogen-bond acceptors (Lipinski definition) is 0. The minimum absolute atomic E-state index is 0.414. The number of hydrogen-bond donors (Lipinski definition) is 0. The van der Waals surface area contributed by atoms with Crippen LogP contribution in [0.2, 0.25) is 0 Å². The third kappa shape index (κ3) is 13.5. The Kier molecular flexibility index (Phi) is 13.5. The van der Waals surface area contributed by atoms with E-state index in [1.165, 1.54) is 83.5 Å². The fraction of sp³-hybridized carbons (Fsp3) is 1.00. The summed E-state index contributed by atoms with van der Waals surface area (Å²) < 4.78 is 0. The van der Waals surface area contributed by atoms with Gasteiger partial charge in [-0.1, -0.05) is 121 Å². The second-order valence-corrected chi connectivity index (χ2v) is 8.62. The minimum Gasteiger partial charge on any atom is -0.0885 e. The van der Waals surface area contributed by atoms with Crippen LogP contribution >= 0.6 is 15.9 Å². The normalized spacial score (nSPS) is 13.7. The quantitative estimate of drug-likeness (QED) is 0.235. The Labute approximate surface area is 137 Å². The molecule has 0 nitrogen and oxygen atoms in total. The highest BCUT2D eigenvalue weighted by Crippen LogP contribution is 2.30. The van der Waals surface area contributed by atoms with Gasteiger partial charge in [0.1, 0.15) is 0 Å². The van der Waals surface area contributed by atoms with Crippen LogP contribution in [-0.4, -0.2) is 4.83 Å². The Morgan fingerprint density at radius 3 is 1.35 bits per heavy atom. The van der Waals surface area contributed by atoms with Crippen LogP contribution in [0.4, 0.5) is 0 Å². The lowest BCUT2D eigenvalue weighted by Gasteiger charge is -2.25. The van der Waals surface area contributed by atoms with Crippen LogP contribution < -0.4 is 0 Å². The van der Waals surface area contributed by atoms with Crippen LogP contribution in [0.3, 0.4) is 0 Å². The summed E-state index contributed by atoms with van der Waals surface area (Å²) in [7, 11) is 0. The molecule has 0 N–H and O–H groups in total. The molecular weight excluding hydrogens is 308 g/mol. The molecule has 0 aliphatic rings. The van der Waals surface area contributed by atoms with Crippen LogP contribution in [0.25, 0.3) is 0 Å². The topological polar surface area (TPSA) is 0 Å². The molecule has 0 amide bonds. The van der Waals surface area contributed by atoms with Gasteiger partial charge >= 0.3 is 0 Å². The maximum atomic E-state index is 3.83. The molecule has 1 heteroatoms. The molecule has 0 aromatic rings. The van der Waals surface area contributed by atoms with Gasteiger partial charge in [-0.05, 0) is 11.8 Å². The fourth-order valence-electron chi connectivity index (χ4n) is 2.60. The summed E-state index contributed by atoms with van der Waals surface area (Å²) in [6.07, 6.45) is 18.6. The average molecular weight is 347 g/mol. The summed E-state index contributed by atoms with van der Waals surface area (Å²) in [5.74, 6) is 0. The van der Waals surface area contributed by atoms with E-state index < -0.39 is 0 Å². The van der Waals surface area contributed by atoms with E-state index in [1.54, 1.807) is 0 Å². The van der Waals surface area contributed by atoms with Gasteiger partial charge in [0.05, 0.1) is 0 Å². The largest absolute Gasteiger partial charge is 0.0885 e. The first-order valence-electron chi connectivity index (χ1n) is 9.12. The van der Waals surface area contributed by atoms with Crippen LogP contribution in [-0.2, 0) is 0 Å².